The molecule has 0 aliphatic rings. The molecule has 6 nitrogen and oxygen atoms in total. The van der Waals surface area contributed by atoms with Crippen molar-refractivity contribution < 1.29 is 4.74 Å². The van der Waals surface area contributed by atoms with Crippen molar-refractivity contribution in [1.29, 1.82) is 0 Å². The molecule has 0 bridgehead atoms. The lowest BCUT2D eigenvalue weighted by atomic mass is 10.1. The third kappa shape index (κ3) is 6.97. The summed E-state index contributed by atoms with van der Waals surface area (Å²) in [5.74, 6) is 2.42. The lowest BCUT2D eigenvalue weighted by molar-refractivity contribution is 0.405. The second-order valence-corrected chi connectivity index (χ2v) is 6.33. The molecule has 0 amide bonds. The fourth-order valence-electron chi connectivity index (χ4n) is 2.46. The Hall–Kier alpha value is -2.34. The number of aryl methyl sites for hydroxylation is 1. The molecule has 0 radical (unpaired) electrons. The number of hydrogen-bond donors (Lipinski definition) is 2. The predicted octanol–water partition coefficient (Wildman–Crippen LogP) is 2.81. The maximum atomic E-state index is 5.18. The van der Waals surface area contributed by atoms with Gasteiger partial charge in [0.15, 0.2) is 0 Å². The van der Waals surface area contributed by atoms with Gasteiger partial charge in [-0.2, -0.15) is 4.98 Å². The van der Waals surface area contributed by atoms with E-state index < -0.39 is 0 Å². The summed E-state index contributed by atoms with van der Waals surface area (Å²) < 4.78 is 5.18. The van der Waals surface area contributed by atoms with Gasteiger partial charge in [-0.15, -0.1) is 0 Å². The van der Waals surface area contributed by atoms with Crippen LogP contribution in [0.5, 0.6) is 5.75 Å². The monoisotopic (exact) mass is 343 g/mol. The number of nitrogens with zero attached hydrogens (tertiary/aromatic N) is 3. The number of anilines is 2. The van der Waals surface area contributed by atoms with Crippen LogP contribution in [0.3, 0.4) is 0 Å². The van der Waals surface area contributed by atoms with Crippen molar-refractivity contribution in [2.75, 3.05) is 51.5 Å². The molecule has 1 heterocycles. The molecular formula is C19H29N5O. The van der Waals surface area contributed by atoms with Crippen molar-refractivity contribution in [3.05, 3.63) is 41.6 Å². The molecule has 1 aromatic carbocycles. The van der Waals surface area contributed by atoms with Gasteiger partial charge in [-0.05, 0) is 58.1 Å². The first-order valence-electron chi connectivity index (χ1n) is 8.68. The molecule has 0 aliphatic heterocycles. The van der Waals surface area contributed by atoms with E-state index in [2.05, 4.69) is 51.7 Å². The van der Waals surface area contributed by atoms with E-state index in [4.69, 9.17) is 4.74 Å². The van der Waals surface area contributed by atoms with Crippen LogP contribution < -0.4 is 15.4 Å². The second kappa shape index (κ2) is 9.84. The molecule has 1 aromatic heterocycles. The van der Waals surface area contributed by atoms with Gasteiger partial charge in [0, 0.05) is 24.8 Å². The minimum absolute atomic E-state index is 0.670. The first-order chi connectivity index (χ1) is 12.1. The largest absolute Gasteiger partial charge is 0.497 e. The highest BCUT2D eigenvalue weighted by Crippen LogP contribution is 2.13. The van der Waals surface area contributed by atoms with Crippen LogP contribution in [0, 0.1) is 6.92 Å². The second-order valence-electron chi connectivity index (χ2n) is 6.33. The van der Waals surface area contributed by atoms with E-state index in [-0.39, 0.29) is 0 Å². The van der Waals surface area contributed by atoms with Crippen molar-refractivity contribution >= 4 is 11.8 Å². The number of benzene rings is 1. The molecule has 136 valence electrons. The Labute approximate surface area is 150 Å². The number of nitrogens with one attached hydrogen (secondary N) is 2. The summed E-state index contributed by atoms with van der Waals surface area (Å²) in [5, 5.41) is 6.68. The highest BCUT2D eigenvalue weighted by Gasteiger charge is 2.02. The average molecular weight is 343 g/mol. The molecule has 0 fully saturated rings. The van der Waals surface area contributed by atoms with Crippen LogP contribution in [0.4, 0.5) is 11.8 Å². The molecule has 2 rings (SSSR count). The zero-order valence-electron chi connectivity index (χ0n) is 15.7. The molecule has 2 N–H and O–H groups in total. The van der Waals surface area contributed by atoms with Gasteiger partial charge in [0.2, 0.25) is 5.95 Å². The molecule has 6 heteroatoms. The van der Waals surface area contributed by atoms with E-state index in [1.165, 1.54) is 5.56 Å². The summed E-state index contributed by atoms with van der Waals surface area (Å²) in [6.07, 6.45) is 1.99. The Morgan fingerprint density at radius 3 is 2.48 bits per heavy atom. The van der Waals surface area contributed by atoms with E-state index in [1.54, 1.807) is 7.11 Å². The van der Waals surface area contributed by atoms with Crippen LogP contribution in [0.1, 0.15) is 17.7 Å². The molecule has 0 unspecified atom stereocenters. The summed E-state index contributed by atoms with van der Waals surface area (Å²) in [4.78, 5) is 11.2. The number of ether oxygens (including phenoxy) is 1. The fraction of sp³-hybridized carbons (Fsp3) is 0.474. The van der Waals surface area contributed by atoms with Crippen LogP contribution in [0.15, 0.2) is 30.3 Å². The first kappa shape index (κ1) is 19.0. The fourth-order valence-corrected chi connectivity index (χ4v) is 2.46. The van der Waals surface area contributed by atoms with Gasteiger partial charge >= 0.3 is 0 Å². The van der Waals surface area contributed by atoms with Crippen molar-refractivity contribution in [3.8, 4) is 5.75 Å². The lowest BCUT2D eigenvalue weighted by Crippen LogP contribution is -2.17. The van der Waals surface area contributed by atoms with E-state index in [0.717, 1.165) is 49.7 Å². The number of aromatic nitrogens is 2. The van der Waals surface area contributed by atoms with Crippen LogP contribution in [-0.4, -0.2) is 55.7 Å². The zero-order valence-corrected chi connectivity index (χ0v) is 15.7. The van der Waals surface area contributed by atoms with E-state index in [1.807, 2.05) is 25.1 Å². The quantitative estimate of drug-likeness (QED) is 0.647. The average Bonchev–Trinajstić information content (AvgIpc) is 2.59. The van der Waals surface area contributed by atoms with Crippen molar-refractivity contribution in [3.63, 3.8) is 0 Å². The predicted molar refractivity (Wildman–Crippen MR) is 104 cm³/mol. The topological polar surface area (TPSA) is 62.3 Å². The van der Waals surface area contributed by atoms with Gasteiger partial charge in [-0.25, -0.2) is 4.98 Å². The normalized spacial score (nSPS) is 10.8. The Bertz CT molecular complexity index is 643. The van der Waals surface area contributed by atoms with E-state index >= 15 is 0 Å². The maximum absolute atomic E-state index is 5.18. The van der Waals surface area contributed by atoms with Gasteiger partial charge in [-0.1, -0.05) is 12.1 Å². The van der Waals surface area contributed by atoms with Crippen LogP contribution in [0.25, 0.3) is 0 Å². The molecule has 0 saturated carbocycles. The van der Waals surface area contributed by atoms with Crippen molar-refractivity contribution in [2.45, 2.75) is 19.8 Å². The Balaban J connectivity index is 1.82. The minimum Gasteiger partial charge on any atom is -0.497 e. The van der Waals surface area contributed by atoms with E-state index in [0.29, 0.717) is 5.95 Å². The van der Waals surface area contributed by atoms with Gasteiger partial charge in [0.05, 0.1) is 7.11 Å². The summed E-state index contributed by atoms with van der Waals surface area (Å²) in [6, 6.07) is 10.1. The SMILES string of the molecule is COc1ccc(CCNc2nc(C)cc(NCCCN(C)C)n2)cc1. The molecule has 0 saturated heterocycles. The molecule has 2 aromatic rings. The Morgan fingerprint density at radius 2 is 1.80 bits per heavy atom. The minimum atomic E-state index is 0.670. The summed E-state index contributed by atoms with van der Waals surface area (Å²) in [7, 11) is 5.84. The number of methoxy groups -OCH3 is 1. The summed E-state index contributed by atoms with van der Waals surface area (Å²) in [6.45, 7) is 4.74. The number of rotatable bonds is 10. The molecule has 0 spiro atoms. The zero-order chi connectivity index (χ0) is 18.1. The van der Waals surface area contributed by atoms with Gasteiger partial charge < -0.3 is 20.3 Å². The molecule has 25 heavy (non-hydrogen) atoms. The van der Waals surface area contributed by atoms with Crippen LogP contribution >= 0.6 is 0 Å². The first-order valence-corrected chi connectivity index (χ1v) is 8.68. The van der Waals surface area contributed by atoms with Crippen molar-refractivity contribution in [2.24, 2.45) is 0 Å². The van der Waals surface area contributed by atoms with Crippen LogP contribution in [0.2, 0.25) is 0 Å². The summed E-state index contributed by atoms with van der Waals surface area (Å²) in [5.41, 5.74) is 2.21. The smallest absolute Gasteiger partial charge is 0.224 e. The highest BCUT2D eigenvalue weighted by molar-refractivity contribution is 5.42. The Morgan fingerprint density at radius 1 is 1.04 bits per heavy atom. The van der Waals surface area contributed by atoms with Gasteiger partial charge in [0.25, 0.3) is 0 Å². The Kier molecular flexibility index (Phi) is 7.47. The number of hydrogen-bond acceptors (Lipinski definition) is 6. The molecule has 0 aliphatic carbocycles. The van der Waals surface area contributed by atoms with Gasteiger partial charge in [-0.3, -0.25) is 0 Å². The summed E-state index contributed by atoms with van der Waals surface area (Å²) >= 11 is 0. The standard InChI is InChI=1S/C19H29N5O/c1-15-14-18(20-11-5-13-24(2)3)23-19(22-15)21-12-10-16-6-8-17(25-4)9-7-16/h6-9,14H,5,10-13H2,1-4H3,(H2,20,21,22,23). The highest BCUT2D eigenvalue weighted by atomic mass is 16.5. The van der Waals surface area contributed by atoms with Crippen molar-refractivity contribution in [1.82, 2.24) is 14.9 Å². The molecule has 0 atom stereocenters. The van der Waals surface area contributed by atoms with E-state index in [9.17, 15) is 0 Å². The molecular weight excluding hydrogens is 314 g/mol. The third-order valence-electron chi connectivity index (χ3n) is 3.80. The maximum Gasteiger partial charge on any atom is 0.224 e. The van der Waals surface area contributed by atoms with Gasteiger partial charge in [0.1, 0.15) is 11.6 Å². The lowest BCUT2D eigenvalue weighted by Gasteiger charge is -2.12. The third-order valence-corrected chi connectivity index (χ3v) is 3.80. The van der Waals surface area contributed by atoms with Crippen LogP contribution in [-0.2, 0) is 6.42 Å².